The van der Waals surface area contributed by atoms with Crippen molar-refractivity contribution < 1.29 is 8.83 Å². The van der Waals surface area contributed by atoms with Gasteiger partial charge in [0.15, 0.2) is 23.1 Å². The van der Waals surface area contributed by atoms with E-state index in [1.54, 1.807) is 0 Å². The summed E-state index contributed by atoms with van der Waals surface area (Å²) in [6.45, 7) is 0. The van der Waals surface area contributed by atoms with Crippen LogP contribution in [0.5, 0.6) is 0 Å². The predicted octanol–water partition coefficient (Wildman–Crippen LogP) is 13.1. The summed E-state index contributed by atoms with van der Waals surface area (Å²) in [5.74, 6) is 2.35. The number of hydrogen-bond acceptors (Lipinski definition) is 6. The van der Waals surface area contributed by atoms with Gasteiger partial charge in [-0.1, -0.05) is 133 Å². The van der Waals surface area contributed by atoms with Crippen molar-refractivity contribution in [1.29, 1.82) is 0 Å². The van der Waals surface area contributed by atoms with Crippen LogP contribution < -0.4 is 0 Å². The summed E-state index contributed by atoms with van der Waals surface area (Å²) in [5.41, 5.74) is 11.0. The van der Waals surface area contributed by atoms with E-state index in [4.69, 9.17) is 28.8 Å². The predicted molar refractivity (Wildman–Crippen MR) is 225 cm³/mol. The molecule has 6 heteroatoms. The standard InChI is InChI=1S/C50H30N4O2/c1-4-13-31(14-5-1)34-19-10-22-37(27-34)47-52-48(38-23-11-20-35(28-38)32-15-6-2-7-16-32)54-49(53-47)39-24-12-21-36-29-41-44(30-40(36)39)55-42-25-26-43-46(45(41)42)51-50(56-43)33-17-8-3-9-18-33/h1-30H. The van der Waals surface area contributed by atoms with Gasteiger partial charge >= 0.3 is 0 Å². The molecule has 0 aliphatic heterocycles. The fourth-order valence-corrected chi connectivity index (χ4v) is 7.62. The van der Waals surface area contributed by atoms with Gasteiger partial charge in [0.05, 0.1) is 5.39 Å². The van der Waals surface area contributed by atoms with E-state index >= 15 is 0 Å². The van der Waals surface area contributed by atoms with Crippen molar-refractivity contribution in [2.75, 3.05) is 0 Å². The molecule has 0 amide bonds. The third-order valence-electron chi connectivity index (χ3n) is 10.3. The van der Waals surface area contributed by atoms with E-state index in [9.17, 15) is 0 Å². The van der Waals surface area contributed by atoms with Gasteiger partial charge in [0.1, 0.15) is 16.7 Å². The molecule has 11 rings (SSSR count). The molecule has 56 heavy (non-hydrogen) atoms. The van der Waals surface area contributed by atoms with Gasteiger partial charge in [-0.3, -0.25) is 0 Å². The van der Waals surface area contributed by atoms with E-state index in [0.29, 0.717) is 28.9 Å². The molecule has 11 aromatic rings. The summed E-state index contributed by atoms with van der Waals surface area (Å²) in [6, 6.07) is 61.8. The molecule has 0 saturated carbocycles. The van der Waals surface area contributed by atoms with Gasteiger partial charge < -0.3 is 8.83 Å². The van der Waals surface area contributed by atoms with Crippen LogP contribution in [0, 0.1) is 0 Å². The number of rotatable bonds is 6. The Labute approximate surface area is 321 Å². The summed E-state index contributed by atoms with van der Waals surface area (Å²) >= 11 is 0. The highest BCUT2D eigenvalue weighted by atomic mass is 16.4. The summed E-state index contributed by atoms with van der Waals surface area (Å²) in [7, 11) is 0. The number of aromatic nitrogens is 4. The van der Waals surface area contributed by atoms with Crippen LogP contribution in [-0.4, -0.2) is 19.9 Å². The maximum absolute atomic E-state index is 6.54. The smallest absolute Gasteiger partial charge is 0.227 e. The second kappa shape index (κ2) is 13.0. The van der Waals surface area contributed by atoms with E-state index in [2.05, 4.69) is 127 Å². The zero-order chi connectivity index (χ0) is 37.0. The van der Waals surface area contributed by atoms with Crippen molar-refractivity contribution in [3.8, 4) is 67.9 Å². The third-order valence-corrected chi connectivity index (χ3v) is 10.3. The number of hydrogen-bond donors (Lipinski definition) is 0. The first kappa shape index (κ1) is 31.8. The number of fused-ring (bicyclic) bond motifs is 6. The molecule has 0 atom stereocenters. The Morgan fingerprint density at radius 1 is 0.321 bits per heavy atom. The van der Waals surface area contributed by atoms with Crippen molar-refractivity contribution in [2.45, 2.75) is 0 Å². The Bertz CT molecular complexity index is 3140. The molecule has 0 unspecified atom stereocenters. The second-order valence-electron chi connectivity index (χ2n) is 13.8. The molecular formula is C50H30N4O2. The highest BCUT2D eigenvalue weighted by Gasteiger charge is 2.20. The van der Waals surface area contributed by atoms with Crippen LogP contribution in [0.15, 0.2) is 191 Å². The number of nitrogens with zero attached hydrogens (tertiary/aromatic N) is 4. The van der Waals surface area contributed by atoms with E-state index in [1.807, 2.05) is 54.6 Å². The Morgan fingerprint density at radius 3 is 1.50 bits per heavy atom. The lowest BCUT2D eigenvalue weighted by atomic mass is 10.00. The van der Waals surface area contributed by atoms with E-state index in [0.717, 1.165) is 82.7 Å². The molecular weight excluding hydrogens is 689 g/mol. The largest absolute Gasteiger partial charge is 0.456 e. The minimum Gasteiger partial charge on any atom is -0.456 e. The quantitative estimate of drug-likeness (QED) is 0.170. The van der Waals surface area contributed by atoms with Gasteiger partial charge in [-0.15, -0.1) is 0 Å². The Morgan fingerprint density at radius 2 is 0.857 bits per heavy atom. The minimum absolute atomic E-state index is 0.577. The SMILES string of the molecule is c1ccc(-c2cccc(-c3nc(-c4cccc(-c5ccccc5)c4)nc(-c4cccc5cc6c(cc45)oc4ccc5oc(-c7ccccc7)nc5c46)n3)c2)cc1. The van der Waals surface area contributed by atoms with Gasteiger partial charge in [-0.2, -0.15) is 0 Å². The average Bonchev–Trinajstić information content (AvgIpc) is 3.88. The van der Waals surface area contributed by atoms with Gasteiger partial charge in [-0.25, -0.2) is 19.9 Å². The molecule has 0 radical (unpaired) electrons. The summed E-state index contributed by atoms with van der Waals surface area (Å²) in [5, 5.41) is 3.90. The van der Waals surface area contributed by atoms with Crippen molar-refractivity contribution in [3.63, 3.8) is 0 Å². The molecule has 0 fully saturated rings. The second-order valence-corrected chi connectivity index (χ2v) is 13.8. The molecule has 0 N–H and O–H groups in total. The molecule has 0 aliphatic rings. The van der Waals surface area contributed by atoms with Crippen molar-refractivity contribution in [1.82, 2.24) is 19.9 Å². The molecule has 0 aliphatic carbocycles. The maximum atomic E-state index is 6.54. The first-order valence-corrected chi connectivity index (χ1v) is 18.5. The van der Waals surface area contributed by atoms with Crippen molar-refractivity contribution >= 4 is 43.8 Å². The molecule has 0 saturated heterocycles. The van der Waals surface area contributed by atoms with Crippen LogP contribution in [-0.2, 0) is 0 Å². The van der Waals surface area contributed by atoms with E-state index in [1.165, 1.54) is 0 Å². The Hall–Kier alpha value is -7.70. The monoisotopic (exact) mass is 718 g/mol. The molecule has 6 nitrogen and oxygen atoms in total. The normalized spacial score (nSPS) is 11.6. The van der Waals surface area contributed by atoms with Crippen molar-refractivity contribution in [3.05, 3.63) is 182 Å². The third kappa shape index (κ3) is 5.51. The zero-order valence-electron chi connectivity index (χ0n) is 29.9. The van der Waals surface area contributed by atoms with E-state index < -0.39 is 0 Å². The van der Waals surface area contributed by atoms with Gasteiger partial charge in [-0.05, 0) is 81.6 Å². The van der Waals surface area contributed by atoms with Crippen LogP contribution in [0.25, 0.3) is 112 Å². The van der Waals surface area contributed by atoms with Crippen molar-refractivity contribution in [2.24, 2.45) is 0 Å². The summed E-state index contributed by atoms with van der Waals surface area (Å²) < 4.78 is 12.8. The fraction of sp³-hybridized carbons (Fsp3) is 0. The lowest BCUT2D eigenvalue weighted by Crippen LogP contribution is -2.01. The Balaban J connectivity index is 1.10. The molecule has 8 aromatic carbocycles. The summed E-state index contributed by atoms with van der Waals surface area (Å²) in [6.07, 6.45) is 0. The summed E-state index contributed by atoms with van der Waals surface area (Å²) in [4.78, 5) is 20.4. The van der Waals surface area contributed by atoms with Gasteiger partial charge in [0.2, 0.25) is 5.89 Å². The number of benzene rings is 8. The van der Waals surface area contributed by atoms with E-state index in [-0.39, 0.29) is 0 Å². The van der Waals surface area contributed by atoms with Gasteiger partial charge in [0.25, 0.3) is 0 Å². The molecule has 3 aromatic heterocycles. The van der Waals surface area contributed by atoms with Crippen LogP contribution in [0.3, 0.4) is 0 Å². The first-order chi connectivity index (χ1) is 27.7. The van der Waals surface area contributed by atoms with Gasteiger partial charge in [0, 0.05) is 27.6 Å². The van der Waals surface area contributed by atoms with Crippen LogP contribution in [0.4, 0.5) is 0 Å². The lowest BCUT2D eigenvalue weighted by molar-refractivity contribution is 0.619. The molecule has 3 heterocycles. The topological polar surface area (TPSA) is 77.8 Å². The highest BCUT2D eigenvalue weighted by molar-refractivity contribution is 6.20. The number of furan rings is 1. The minimum atomic E-state index is 0.577. The molecule has 0 bridgehead atoms. The first-order valence-electron chi connectivity index (χ1n) is 18.5. The zero-order valence-corrected chi connectivity index (χ0v) is 29.9. The fourth-order valence-electron chi connectivity index (χ4n) is 7.62. The highest BCUT2D eigenvalue weighted by Crippen LogP contribution is 2.40. The Kier molecular flexibility index (Phi) is 7.38. The number of oxazole rings is 1. The molecule has 262 valence electrons. The van der Waals surface area contributed by atoms with Crippen LogP contribution >= 0.6 is 0 Å². The van der Waals surface area contributed by atoms with Crippen LogP contribution in [0.1, 0.15) is 0 Å². The van der Waals surface area contributed by atoms with Crippen LogP contribution in [0.2, 0.25) is 0 Å². The average molecular weight is 719 g/mol. The lowest BCUT2D eigenvalue weighted by Gasteiger charge is -2.12. The molecule has 0 spiro atoms. The maximum Gasteiger partial charge on any atom is 0.227 e.